The normalized spacial score (nSPS) is 19.8. The molecule has 0 aliphatic carbocycles. The Morgan fingerprint density at radius 1 is 1.21 bits per heavy atom. The van der Waals surface area contributed by atoms with Crippen molar-refractivity contribution in [3.8, 4) is 0 Å². The van der Waals surface area contributed by atoms with Crippen molar-refractivity contribution in [2.24, 2.45) is 0 Å². The van der Waals surface area contributed by atoms with E-state index in [1.54, 1.807) is 0 Å². The summed E-state index contributed by atoms with van der Waals surface area (Å²) in [6.45, 7) is -0.131. The monoisotopic (exact) mass is 208 g/mol. The lowest BCUT2D eigenvalue weighted by Gasteiger charge is -2.25. The summed E-state index contributed by atoms with van der Waals surface area (Å²) < 4.78 is 9.15. The first kappa shape index (κ1) is 13.5. The lowest BCUT2D eigenvalue weighted by molar-refractivity contribution is -0.142. The topological polar surface area (TPSA) is 96.2 Å². The molecule has 0 aromatic rings. The molecule has 0 spiro atoms. The van der Waals surface area contributed by atoms with Crippen molar-refractivity contribution >= 4 is 6.29 Å². The van der Waals surface area contributed by atoms with E-state index in [9.17, 15) is 20.1 Å². The van der Waals surface area contributed by atoms with Crippen LogP contribution in [0, 0.1) is 0 Å². The van der Waals surface area contributed by atoms with Crippen molar-refractivity contribution in [2.75, 3.05) is 20.8 Å². The van der Waals surface area contributed by atoms with Gasteiger partial charge in [-0.2, -0.15) is 0 Å². The molecular formula is C8H16O6. The Labute approximate surface area is 82.1 Å². The Bertz CT molecular complexity index is 162. The molecular weight excluding hydrogens is 192 g/mol. The number of aliphatic hydroxyl groups excluding tert-OH is 3. The smallest absolute Gasteiger partial charge is 0.151 e. The first-order valence-corrected chi connectivity index (χ1v) is 4.09. The largest absolute Gasteiger partial charge is 0.388 e. The summed E-state index contributed by atoms with van der Waals surface area (Å²) in [5.41, 5.74) is 0. The van der Waals surface area contributed by atoms with Gasteiger partial charge in [-0.15, -0.1) is 0 Å². The minimum atomic E-state index is -1.48. The van der Waals surface area contributed by atoms with Crippen LogP contribution in [0.25, 0.3) is 0 Å². The van der Waals surface area contributed by atoms with Crippen molar-refractivity contribution in [2.45, 2.75) is 24.4 Å². The first-order chi connectivity index (χ1) is 6.58. The van der Waals surface area contributed by atoms with Crippen molar-refractivity contribution in [1.29, 1.82) is 0 Å². The summed E-state index contributed by atoms with van der Waals surface area (Å²) in [6.07, 6.45) is -5.01. The summed E-state index contributed by atoms with van der Waals surface area (Å²) in [5.74, 6) is 0. The van der Waals surface area contributed by atoms with E-state index in [1.165, 1.54) is 14.2 Å². The highest BCUT2D eigenvalue weighted by atomic mass is 16.5. The molecule has 3 N–H and O–H groups in total. The second-order valence-corrected chi connectivity index (χ2v) is 2.84. The van der Waals surface area contributed by atoms with Crippen LogP contribution in [0.1, 0.15) is 0 Å². The average Bonchev–Trinajstić information content (AvgIpc) is 2.18. The van der Waals surface area contributed by atoms with Gasteiger partial charge in [0.05, 0.1) is 6.61 Å². The van der Waals surface area contributed by atoms with E-state index in [-0.39, 0.29) is 6.61 Å². The second-order valence-electron chi connectivity index (χ2n) is 2.84. The maximum absolute atomic E-state index is 10.4. The molecule has 0 aromatic carbocycles. The molecule has 0 saturated heterocycles. The van der Waals surface area contributed by atoms with Crippen LogP contribution in [0.5, 0.6) is 0 Å². The van der Waals surface area contributed by atoms with Gasteiger partial charge in [0.1, 0.15) is 24.4 Å². The lowest BCUT2D eigenvalue weighted by Crippen LogP contribution is -2.47. The van der Waals surface area contributed by atoms with Gasteiger partial charge in [0, 0.05) is 14.2 Å². The second kappa shape index (κ2) is 6.86. The molecule has 0 amide bonds. The summed E-state index contributed by atoms with van der Waals surface area (Å²) in [5, 5.41) is 27.9. The van der Waals surface area contributed by atoms with Crippen LogP contribution in [0.4, 0.5) is 0 Å². The molecule has 0 fully saturated rings. The highest BCUT2D eigenvalue weighted by Crippen LogP contribution is 2.06. The molecule has 0 aliphatic rings. The Balaban J connectivity index is 4.20. The summed E-state index contributed by atoms with van der Waals surface area (Å²) in [4.78, 5) is 10.4. The van der Waals surface area contributed by atoms with Gasteiger partial charge in [-0.3, -0.25) is 0 Å². The fourth-order valence-corrected chi connectivity index (χ4v) is 0.967. The molecule has 0 rings (SSSR count). The standard InChI is InChI=1S/C8H16O6/c1-13-4-5(10)7(11)8(12)6(3-9)14-2/h3,5-8,10-12H,4H2,1-2H3/t5-,6-,7-,8-/m1/s1. The van der Waals surface area contributed by atoms with Crippen molar-refractivity contribution < 1.29 is 29.6 Å². The molecule has 0 heterocycles. The van der Waals surface area contributed by atoms with Crippen LogP contribution in [0.15, 0.2) is 0 Å². The fourth-order valence-electron chi connectivity index (χ4n) is 0.967. The highest BCUT2D eigenvalue weighted by molar-refractivity contribution is 5.57. The number of aliphatic hydroxyl groups is 3. The van der Waals surface area contributed by atoms with Gasteiger partial charge in [0.2, 0.25) is 0 Å². The van der Waals surface area contributed by atoms with Crippen LogP contribution in [0.2, 0.25) is 0 Å². The Morgan fingerprint density at radius 3 is 2.14 bits per heavy atom. The number of aldehydes is 1. The van der Waals surface area contributed by atoms with Crippen molar-refractivity contribution in [1.82, 2.24) is 0 Å². The zero-order chi connectivity index (χ0) is 11.1. The van der Waals surface area contributed by atoms with E-state index in [0.29, 0.717) is 6.29 Å². The minimum Gasteiger partial charge on any atom is -0.388 e. The molecule has 6 heteroatoms. The van der Waals surface area contributed by atoms with E-state index >= 15 is 0 Å². The van der Waals surface area contributed by atoms with Gasteiger partial charge >= 0.3 is 0 Å². The van der Waals surface area contributed by atoms with E-state index in [1.807, 2.05) is 0 Å². The Hall–Kier alpha value is -0.530. The molecule has 0 aromatic heterocycles. The van der Waals surface area contributed by atoms with Crippen LogP contribution in [-0.4, -0.2) is 66.8 Å². The molecule has 0 unspecified atom stereocenters. The molecule has 0 aliphatic heterocycles. The first-order valence-electron chi connectivity index (χ1n) is 4.09. The number of methoxy groups -OCH3 is 2. The van der Waals surface area contributed by atoms with Gasteiger partial charge in [0.25, 0.3) is 0 Å². The number of rotatable bonds is 7. The molecule has 14 heavy (non-hydrogen) atoms. The van der Waals surface area contributed by atoms with Crippen molar-refractivity contribution in [3.63, 3.8) is 0 Å². The molecule has 6 nitrogen and oxygen atoms in total. The molecule has 84 valence electrons. The lowest BCUT2D eigenvalue weighted by atomic mass is 10.0. The van der Waals surface area contributed by atoms with Gasteiger partial charge in [-0.1, -0.05) is 0 Å². The molecule has 0 radical (unpaired) electrons. The quantitative estimate of drug-likeness (QED) is 0.416. The van der Waals surface area contributed by atoms with E-state index in [4.69, 9.17) is 0 Å². The predicted molar refractivity (Wildman–Crippen MR) is 46.8 cm³/mol. The number of carbonyl (C=O) groups is 1. The van der Waals surface area contributed by atoms with E-state index in [0.717, 1.165) is 0 Å². The number of ether oxygens (including phenoxy) is 2. The van der Waals surface area contributed by atoms with Gasteiger partial charge in [-0.05, 0) is 0 Å². The zero-order valence-electron chi connectivity index (χ0n) is 8.16. The number of hydrogen-bond donors (Lipinski definition) is 3. The van der Waals surface area contributed by atoms with Gasteiger partial charge in [-0.25, -0.2) is 0 Å². The van der Waals surface area contributed by atoms with Crippen LogP contribution in [0.3, 0.4) is 0 Å². The maximum Gasteiger partial charge on any atom is 0.151 e. The SMILES string of the molecule is COC[C@@H](O)[C@@H](O)[C@H](O)[C@@H](C=O)OC. The summed E-state index contributed by atoms with van der Waals surface area (Å²) in [7, 11) is 2.56. The van der Waals surface area contributed by atoms with E-state index in [2.05, 4.69) is 9.47 Å². The van der Waals surface area contributed by atoms with Crippen LogP contribution in [-0.2, 0) is 14.3 Å². The highest BCUT2D eigenvalue weighted by Gasteiger charge is 2.31. The summed E-state index contributed by atoms with van der Waals surface area (Å²) in [6, 6.07) is 0. The third kappa shape index (κ3) is 3.69. The Kier molecular flexibility index (Phi) is 6.60. The number of carbonyl (C=O) groups excluding carboxylic acids is 1. The zero-order valence-corrected chi connectivity index (χ0v) is 8.16. The summed E-state index contributed by atoms with van der Waals surface area (Å²) >= 11 is 0. The van der Waals surface area contributed by atoms with E-state index < -0.39 is 24.4 Å². The number of hydrogen-bond acceptors (Lipinski definition) is 6. The molecule has 4 atom stereocenters. The fraction of sp³-hybridized carbons (Fsp3) is 0.875. The van der Waals surface area contributed by atoms with Crippen molar-refractivity contribution in [3.05, 3.63) is 0 Å². The molecule has 0 bridgehead atoms. The average molecular weight is 208 g/mol. The maximum atomic E-state index is 10.4. The van der Waals surface area contributed by atoms with Gasteiger partial charge < -0.3 is 29.6 Å². The third-order valence-corrected chi connectivity index (χ3v) is 1.82. The Morgan fingerprint density at radius 2 is 1.79 bits per heavy atom. The van der Waals surface area contributed by atoms with Crippen LogP contribution >= 0.6 is 0 Å². The van der Waals surface area contributed by atoms with Crippen LogP contribution < -0.4 is 0 Å². The van der Waals surface area contributed by atoms with Gasteiger partial charge in [0.15, 0.2) is 6.29 Å². The third-order valence-electron chi connectivity index (χ3n) is 1.82. The predicted octanol–water partition coefficient (Wildman–Crippen LogP) is -2.07. The molecule has 0 saturated carbocycles. The minimum absolute atomic E-state index is 0.131.